The Labute approximate surface area is 69.6 Å². The highest BCUT2D eigenvalue weighted by atomic mass is 32.2. The normalized spacial score (nSPS) is 17.2. The Hall–Kier alpha value is -0.510. The van der Waals surface area contributed by atoms with E-state index in [9.17, 15) is 0 Å². The first kappa shape index (κ1) is 7.16. The molecule has 0 amide bonds. The van der Waals surface area contributed by atoms with Crippen molar-refractivity contribution in [2.45, 2.75) is 30.9 Å². The van der Waals surface area contributed by atoms with Gasteiger partial charge in [-0.2, -0.15) is 0 Å². The first-order chi connectivity index (χ1) is 5.40. The molecule has 11 heavy (non-hydrogen) atoms. The lowest BCUT2D eigenvalue weighted by molar-refractivity contribution is 0.414. The van der Waals surface area contributed by atoms with Gasteiger partial charge < -0.3 is 4.42 Å². The molecule has 0 unspecified atom stereocenters. The van der Waals surface area contributed by atoms with Crippen molar-refractivity contribution in [2.24, 2.45) is 0 Å². The molecule has 2 rings (SSSR count). The molecule has 1 aliphatic rings. The predicted octanol–water partition coefficient (Wildman–Crippen LogP) is 2.06. The number of rotatable bonds is 3. The van der Waals surface area contributed by atoms with Crippen LogP contribution in [0.25, 0.3) is 0 Å². The largest absolute Gasteiger partial charge is 0.416 e. The molecule has 3 nitrogen and oxygen atoms in total. The predicted molar refractivity (Wildman–Crippen MR) is 42.7 cm³/mol. The summed E-state index contributed by atoms with van der Waals surface area (Å²) >= 11 is 1.60. The van der Waals surface area contributed by atoms with Crippen LogP contribution in [-0.4, -0.2) is 16.0 Å². The Balaban J connectivity index is 2.06. The molecular weight excluding hydrogens is 160 g/mol. The summed E-state index contributed by atoms with van der Waals surface area (Å²) in [6.07, 6.45) is 2.44. The zero-order valence-corrected chi connectivity index (χ0v) is 7.23. The highest BCUT2D eigenvalue weighted by molar-refractivity contribution is 7.99. The molecule has 0 spiro atoms. The zero-order valence-electron chi connectivity index (χ0n) is 6.41. The van der Waals surface area contributed by atoms with Crippen LogP contribution >= 0.6 is 11.8 Å². The van der Waals surface area contributed by atoms with E-state index in [1.165, 1.54) is 12.8 Å². The lowest BCUT2D eigenvalue weighted by atomic mass is 10.4. The van der Waals surface area contributed by atoms with Gasteiger partial charge in [0.15, 0.2) is 0 Å². The summed E-state index contributed by atoms with van der Waals surface area (Å²) in [6.45, 7) is 2.08. The second-order valence-electron chi connectivity index (χ2n) is 2.61. The van der Waals surface area contributed by atoms with E-state index in [2.05, 4.69) is 17.1 Å². The molecule has 1 aromatic rings. The van der Waals surface area contributed by atoms with E-state index in [-0.39, 0.29) is 0 Å². The summed E-state index contributed by atoms with van der Waals surface area (Å²) in [5.41, 5.74) is 0. The smallest absolute Gasteiger partial charge is 0.276 e. The van der Waals surface area contributed by atoms with Crippen LogP contribution in [-0.2, 0) is 0 Å². The maximum Gasteiger partial charge on any atom is 0.276 e. The first-order valence-corrected chi connectivity index (χ1v) is 4.85. The maximum atomic E-state index is 5.39. The van der Waals surface area contributed by atoms with Gasteiger partial charge in [0.05, 0.1) is 0 Å². The summed E-state index contributed by atoms with van der Waals surface area (Å²) in [5, 5.41) is 8.59. The minimum Gasteiger partial charge on any atom is -0.416 e. The van der Waals surface area contributed by atoms with Crippen LogP contribution < -0.4 is 0 Å². The van der Waals surface area contributed by atoms with Crippen LogP contribution in [0.2, 0.25) is 0 Å². The molecule has 0 atom stereocenters. The molecule has 60 valence electrons. The quantitative estimate of drug-likeness (QED) is 0.651. The number of hydrogen-bond donors (Lipinski definition) is 0. The second-order valence-corrected chi connectivity index (χ2v) is 3.83. The van der Waals surface area contributed by atoms with Gasteiger partial charge in [-0.3, -0.25) is 0 Å². The molecule has 1 aromatic heterocycles. The molecule has 0 bridgehead atoms. The van der Waals surface area contributed by atoms with E-state index >= 15 is 0 Å². The van der Waals surface area contributed by atoms with E-state index in [4.69, 9.17) is 4.42 Å². The summed E-state index contributed by atoms with van der Waals surface area (Å²) in [4.78, 5) is 0. The van der Waals surface area contributed by atoms with Crippen molar-refractivity contribution in [1.29, 1.82) is 0 Å². The number of nitrogens with zero attached hydrogens (tertiary/aromatic N) is 2. The minimum absolute atomic E-state index is 0.578. The molecule has 0 aromatic carbocycles. The van der Waals surface area contributed by atoms with Gasteiger partial charge in [-0.25, -0.2) is 0 Å². The summed E-state index contributed by atoms with van der Waals surface area (Å²) in [6, 6.07) is 0. The highest BCUT2D eigenvalue weighted by Gasteiger charge is 2.29. The summed E-state index contributed by atoms with van der Waals surface area (Å²) in [7, 11) is 0. The van der Waals surface area contributed by atoms with E-state index in [1.54, 1.807) is 11.8 Å². The van der Waals surface area contributed by atoms with E-state index in [0.29, 0.717) is 5.92 Å². The number of thioether (sulfide) groups is 1. The van der Waals surface area contributed by atoms with Crippen molar-refractivity contribution >= 4 is 11.8 Å². The molecule has 0 radical (unpaired) electrons. The fraction of sp³-hybridized carbons (Fsp3) is 0.714. The maximum absolute atomic E-state index is 5.39. The molecular formula is C7H10N2OS. The molecule has 1 heterocycles. The van der Waals surface area contributed by atoms with Gasteiger partial charge in [0.1, 0.15) is 0 Å². The molecule has 1 aliphatic carbocycles. The third-order valence-electron chi connectivity index (χ3n) is 1.62. The SMILES string of the molecule is CCSc1nnc(C2CC2)o1. The topological polar surface area (TPSA) is 38.9 Å². The van der Waals surface area contributed by atoms with Gasteiger partial charge in [0, 0.05) is 5.92 Å². The zero-order chi connectivity index (χ0) is 7.68. The van der Waals surface area contributed by atoms with Crippen molar-refractivity contribution in [3.8, 4) is 0 Å². The molecule has 1 fully saturated rings. The monoisotopic (exact) mass is 170 g/mol. The van der Waals surface area contributed by atoms with Crippen LogP contribution in [0, 0.1) is 0 Å². The Bertz CT molecular complexity index is 244. The standard InChI is InChI=1S/C7H10N2OS/c1-2-11-7-9-8-6(10-7)5-3-4-5/h5H,2-4H2,1H3. The van der Waals surface area contributed by atoms with Crippen molar-refractivity contribution < 1.29 is 4.42 Å². The van der Waals surface area contributed by atoms with E-state index < -0.39 is 0 Å². The van der Waals surface area contributed by atoms with Gasteiger partial charge in [0.25, 0.3) is 5.22 Å². The Morgan fingerprint density at radius 2 is 2.36 bits per heavy atom. The average Bonchev–Trinajstić information content (AvgIpc) is 2.75. The fourth-order valence-corrected chi connectivity index (χ4v) is 1.39. The average molecular weight is 170 g/mol. The van der Waals surface area contributed by atoms with Crippen LogP contribution in [0.5, 0.6) is 0 Å². The molecule has 1 saturated carbocycles. The van der Waals surface area contributed by atoms with Crippen molar-refractivity contribution in [1.82, 2.24) is 10.2 Å². The Morgan fingerprint density at radius 3 is 3.00 bits per heavy atom. The van der Waals surface area contributed by atoms with Gasteiger partial charge in [-0.05, 0) is 18.6 Å². The van der Waals surface area contributed by atoms with E-state index in [1.807, 2.05) is 0 Å². The third-order valence-corrected chi connectivity index (χ3v) is 2.32. The number of hydrogen-bond acceptors (Lipinski definition) is 4. The van der Waals surface area contributed by atoms with Crippen molar-refractivity contribution in [3.05, 3.63) is 5.89 Å². The fourth-order valence-electron chi connectivity index (χ4n) is 0.897. The Morgan fingerprint density at radius 1 is 1.55 bits per heavy atom. The second kappa shape index (κ2) is 2.85. The lowest BCUT2D eigenvalue weighted by Crippen LogP contribution is -1.75. The lowest BCUT2D eigenvalue weighted by Gasteiger charge is -1.85. The van der Waals surface area contributed by atoms with Gasteiger partial charge in [-0.1, -0.05) is 18.7 Å². The van der Waals surface area contributed by atoms with Gasteiger partial charge in [0.2, 0.25) is 5.89 Å². The minimum atomic E-state index is 0.578. The molecule has 0 saturated heterocycles. The summed E-state index contributed by atoms with van der Waals surface area (Å²) in [5.74, 6) is 2.40. The summed E-state index contributed by atoms with van der Waals surface area (Å²) < 4.78 is 5.39. The molecule has 0 aliphatic heterocycles. The molecule has 0 N–H and O–H groups in total. The van der Waals surface area contributed by atoms with Crippen molar-refractivity contribution in [2.75, 3.05) is 5.75 Å². The molecule has 4 heteroatoms. The van der Waals surface area contributed by atoms with Gasteiger partial charge >= 0.3 is 0 Å². The van der Waals surface area contributed by atoms with Crippen LogP contribution in [0.15, 0.2) is 9.64 Å². The highest BCUT2D eigenvalue weighted by Crippen LogP contribution is 2.39. The Kier molecular flexibility index (Phi) is 1.85. The van der Waals surface area contributed by atoms with Crippen molar-refractivity contribution in [3.63, 3.8) is 0 Å². The first-order valence-electron chi connectivity index (χ1n) is 3.86. The van der Waals surface area contributed by atoms with E-state index in [0.717, 1.165) is 16.9 Å². The van der Waals surface area contributed by atoms with Crippen LogP contribution in [0.1, 0.15) is 31.6 Å². The van der Waals surface area contributed by atoms with Gasteiger partial charge in [-0.15, -0.1) is 10.2 Å². The van der Waals surface area contributed by atoms with Crippen LogP contribution in [0.3, 0.4) is 0 Å². The third kappa shape index (κ3) is 1.56. The number of aromatic nitrogens is 2. The van der Waals surface area contributed by atoms with Crippen LogP contribution in [0.4, 0.5) is 0 Å².